The Morgan fingerprint density at radius 1 is 0.458 bits per heavy atom. The summed E-state index contributed by atoms with van der Waals surface area (Å²) < 4.78 is 57.5. The first-order valence-corrected chi connectivity index (χ1v) is 18.3. The highest BCUT2D eigenvalue weighted by atomic mass is 32.2. The number of sulfonamides is 2. The fourth-order valence-corrected chi connectivity index (χ4v) is 7.86. The average Bonchev–Trinajstić information content (AvgIpc) is 3.03. The Hall–Kier alpha value is -5.06. The summed E-state index contributed by atoms with van der Waals surface area (Å²) in [7, 11) is -7.51. The van der Waals surface area contributed by atoms with Gasteiger partial charge in [-0.1, -0.05) is 59.7 Å². The van der Waals surface area contributed by atoms with Gasteiger partial charge in [-0.2, -0.15) is 0 Å². The van der Waals surface area contributed by atoms with E-state index in [-0.39, 0.29) is 9.79 Å². The Labute approximate surface area is 283 Å². The second-order valence-electron chi connectivity index (χ2n) is 11.9. The molecule has 48 heavy (non-hydrogen) atoms. The number of hydrogen-bond donors (Lipinski definition) is 2. The molecule has 0 saturated heterocycles. The largest absolute Gasteiger partial charge is 0.279 e. The lowest BCUT2D eigenvalue weighted by Gasteiger charge is -2.14. The third-order valence-electron chi connectivity index (χ3n) is 7.78. The molecule has 2 N–H and O–H groups in total. The predicted molar refractivity (Wildman–Crippen MR) is 197 cm³/mol. The molecule has 0 aliphatic rings. The number of aliphatic imine (C=N–C) groups is 2. The molecule has 0 amide bonds. The lowest BCUT2D eigenvalue weighted by molar-refractivity contribution is 0.599. The minimum absolute atomic E-state index is 0.157. The molecule has 0 bridgehead atoms. The van der Waals surface area contributed by atoms with Gasteiger partial charge in [0.2, 0.25) is 0 Å². The van der Waals surface area contributed by atoms with Crippen LogP contribution in [0.4, 0.5) is 22.7 Å². The minimum Gasteiger partial charge on any atom is -0.279 e. The molecule has 0 atom stereocenters. The first-order valence-electron chi connectivity index (χ1n) is 15.3. The molecular weight excluding hydrogens is 641 g/mol. The fraction of sp³-hybridized carbons (Fsp3) is 0.158. The van der Waals surface area contributed by atoms with Crippen LogP contribution in [0.2, 0.25) is 0 Å². The van der Waals surface area contributed by atoms with E-state index in [1.54, 1.807) is 36.7 Å². The maximum Gasteiger partial charge on any atom is 0.261 e. The van der Waals surface area contributed by atoms with Crippen molar-refractivity contribution in [1.82, 2.24) is 0 Å². The zero-order valence-electron chi connectivity index (χ0n) is 27.7. The Kier molecular flexibility index (Phi) is 9.98. The summed E-state index contributed by atoms with van der Waals surface area (Å²) >= 11 is 0. The number of nitrogens with one attached hydrogen (secondary N) is 2. The molecule has 5 aromatic carbocycles. The van der Waals surface area contributed by atoms with Gasteiger partial charge in [-0.15, -0.1) is 0 Å². The summed E-state index contributed by atoms with van der Waals surface area (Å²) in [5.41, 5.74) is 9.77. The van der Waals surface area contributed by atoms with Crippen LogP contribution in [-0.2, 0) is 20.0 Å². The van der Waals surface area contributed by atoms with Gasteiger partial charge in [0, 0.05) is 12.4 Å². The second-order valence-corrected chi connectivity index (χ2v) is 15.3. The van der Waals surface area contributed by atoms with E-state index in [2.05, 4.69) is 19.4 Å². The van der Waals surface area contributed by atoms with E-state index < -0.39 is 20.0 Å². The first kappa shape index (κ1) is 34.3. The lowest BCUT2D eigenvalue weighted by atomic mass is 10.1. The van der Waals surface area contributed by atoms with Crippen LogP contribution < -0.4 is 9.44 Å². The molecule has 0 aliphatic heterocycles. The van der Waals surface area contributed by atoms with Gasteiger partial charge in [0.1, 0.15) is 0 Å². The van der Waals surface area contributed by atoms with Crippen LogP contribution in [-0.4, -0.2) is 29.3 Å². The normalized spacial score (nSPS) is 12.1. The van der Waals surface area contributed by atoms with E-state index in [0.717, 1.165) is 44.5 Å². The van der Waals surface area contributed by atoms with Gasteiger partial charge in [-0.25, -0.2) is 16.8 Å². The van der Waals surface area contributed by atoms with E-state index in [1.165, 1.54) is 24.3 Å². The smallest absolute Gasteiger partial charge is 0.261 e. The Morgan fingerprint density at radius 2 is 0.750 bits per heavy atom. The van der Waals surface area contributed by atoms with Gasteiger partial charge < -0.3 is 0 Å². The zero-order valence-corrected chi connectivity index (χ0v) is 29.4. The van der Waals surface area contributed by atoms with Gasteiger partial charge in [0.05, 0.1) is 32.5 Å². The summed E-state index contributed by atoms with van der Waals surface area (Å²) in [4.78, 5) is 9.28. The molecule has 5 rings (SSSR count). The molecule has 246 valence electrons. The molecule has 0 fully saturated rings. The van der Waals surface area contributed by atoms with Crippen molar-refractivity contribution < 1.29 is 16.8 Å². The summed E-state index contributed by atoms with van der Waals surface area (Å²) in [6, 6.07) is 28.2. The molecule has 0 spiro atoms. The maximum atomic E-state index is 13.0. The molecule has 0 aliphatic carbocycles. The topological polar surface area (TPSA) is 117 Å². The second kappa shape index (κ2) is 14.0. The van der Waals surface area contributed by atoms with E-state index in [4.69, 9.17) is 0 Å². The number of benzene rings is 5. The zero-order chi connectivity index (χ0) is 34.6. The number of hydrogen-bond acceptors (Lipinski definition) is 6. The fourth-order valence-electron chi connectivity index (χ4n) is 5.46. The molecule has 0 aromatic heterocycles. The third-order valence-corrected chi connectivity index (χ3v) is 10.5. The Bertz CT molecular complexity index is 2030. The Balaban J connectivity index is 1.19. The maximum absolute atomic E-state index is 13.0. The summed E-state index contributed by atoms with van der Waals surface area (Å²) in [5.74, 6) is 0. The highest BCUT2D eigenvalue weighted by Crippen LogP contribution is 2.27. The van der Waals surface area contributed by atoms with Crippen LogP contribution in [0.3, 0.4) is 0 Å². The van der Waals surface area contributed by atoms with E-state index >= 15 is 0 Å². The van der Waals surface area contributed by atoms with E-state index in [0.29, 0.717) is 22.7 Å². The van der Waals surface area contributed by atoms with Crippen molar-refractivity contribution in [2.45, 2.75) is 51.3 Å². The minimum atomic E-state index is -3.75. The van der Waals surface area contributed by atoms with Gasteiger partial charge in [0.25, 0.3) is 20.0 Å². The quantitative estimate of drug-likeness (QED) is 0.144. The summed E-state index contributed by atoms with van der Waals surface area (Å²) in [5, 5.41) is 0. The molecular formula is C38H38N4O4S2. The predicted octanol–water partition coefficient (Wildman–Crippen LogP) is 8.64. The molecule has 10 heteroatoms. The summed E-state index contributed by atoms with van der Waals surface area (Å²) in [6.07, 6.45) is 3.41. The van der Waals surface area contributed by atoms with E-state index in [9.17, 15) is 16.8 Å². The molecule has 0 radical (unpaired) electrons. The van der Waals surface area contributed by atoms with Crippen LogP contribution in [0, 0.1) is 41.5 Å². The van der Waals surface area contributed by atoms with Gasteiger partial charge in [-0.05, 0) is 123 Å². The standard InChI is InChI=1S/C38H38N4O4S2/c1-25-19-27(3)37(28(4)20-25)41-47(43,44)35-15-11-33(12-16-35)39-23-31-7-9-32(10-8-31)24-40-34-13-17-36(18-14-34)48(45,46)42-38-29(5)21-26(2)22-30(38)6/h7-24,41-42H,1-6H3. The number of rotatable bonds is 10. The van der Waals surface area contributed by atoms with Crippen LogP contribution in [0.1, 0.15) is 44.5 Å². The number of aryl methyl sites for hydroxylation is 6. The molecule has 5 aromatic rings. The highest BCUT2D eigenvalue weighted by Gasteiger charge is 2.18. The molecule has 0 saturated carbocycles. The van der Waals surface area contributed by atoms with Crippen LogP contribution in [0.5, 0.6) is 0 Å². The number of nitrogens with zero attached hydrogens (tertiary/aromatic N) is 2. The van der Waals surface area contributed by atoms with Crippen molar-refractivity contribution in [1.29, 1.82) is 0 Å². The highest BCUT2D eigenvalue weighted by molar-refractivity contribution is 7.93. The Morgan fingerprint density at radius 3 is 1.04 bits per heavy atom. The van der Waals surface area contributed by atoms with Crippen molar-refractivity contribution in [3.8, 4) is 0 Å². The van der Waals surface area contributed by atoms with Crippen LogP contribution >= 0.6 is 0 Å². The monoisotopic (exact) mass is 678 g/mol. The lowest BCUT2D eigenvalue weighted by Crippen LogP contribution is -2.14. The third kappa shape index (κ3) is 8.26. The van der Waals surface area contributed by atoms with Gasteiger partial charge >= 0.3 is 0 Å². The number of anilines is 2. The van der Waals surface area contributed by atoms with Crippen molar-refractivity contribution >= 4 is 55.2 Å². The van der Waals surface area contributed by atoms with Crippen molar-refractivity contribution in [3.63, 3.8) is 0 Å². The van der Waals surface area contributed by atoms with Crippen LogP contribution in [0.25, 0.3) is 0 Å². The average molecular weight is 679 g/mol. The molecule has 0 unspecified atom stereocenters. The first-order chi connectivity index (χ1) is 22.7. The molecule has 8 nitrogen and oxygen atoms in total. The van der Waals surface area contributed by atoms with Crippen molar-refractivity contribution in [3.05, 3.63) is 142 Å². The SMILES string of the molecule is Cc1cc(C)c(NS(=O)(=O)c2ccc(N=Cc3ccc(C=Nc4ccc(S(=O)(=O)Nc5c(C)cc(C)cc5C)cc4)cc3)cc2)c(C)c1. The van der Waals surface area contributed by atoms with Gasteiger partial charge in [0.15, 0.2) is 0 Å². The molecule has 0 heterocycles. The summed E-state index contributed by atoms with van der Waals surface area (Å²) in [6.45, 7) is 11.5. The van der Waals surface area contributed by atoms with E-state index in [1.807, 2.05) is 90.1 Å². The van der Waals surface area contributed by atoms with Gasteiger partial charge in [-0.3, -0.25) is 19.4 Å². The van der Waals surface area contributed by atoms with Crippen molar-refractivity contribution in [2.75, 3.05) is 9.44 Å². The van der Waals surface area contributed by atoms with Crippen molar-refractivity contribution in [2.24, 2.45) is 9.98 Å². The van der Waals surface area contributed by atoms with Crippen LogP contribution in [0.15, 0.2) is 117 Å².